The van der Waals surface area contributed by atoms with Gasteiger partial charge in [0.05, 0.1) is 10.6 Å². The van der Waals surface area contributed by atoms with Crippen LogP contribution in [0.5, 0.6) is 0 Å². The van der Waals surface area contributed by atoms with Crippen LogP contribution >= 0.6 is 11.6 Å². The Morgan fingerprint density at radius 1 is 1.50 bits per heavy atom. The van der Waals surface area contributed by atoms with Gasteiger partial charge in [-0.1, -0.05) is 17.7 Å². The van der Waals surface area contributed by atoms with Crippen molar-refractivity contribution in [2.24, 2.45) is 0 Å². The molecule has 0 saturated heterocycles. The van der Waals surface area contributed by atoms with Gasteiger partial charge in [0.2, 0.25) is 0 Å². The summed E-state index contributed by atoms with van der Waals surface area (Å²) in [6, 6.07) is 3.40. The molecule has 0 aliphatic carbocycles. The van der Waals surface area contributed by atoms with Crippen LogP contribution in [0, 0.1) is 0 Å². The quantitative estimate of drug-likeness (QED) is 0.743. The molecule has 3 nitrogen and oxygen atoms in total. The molecule has 2 N–H and O–H groups in total. The molecule has 2 rings (SSSR count). The molecule has 0 fully saturated rings. The molecule has 0 radical (unpaired) electrons. The summed E-state index contributed by atoms with van der Waals surface area (Å²) in [6.07, 6.45) is 0.801. The van der Waals surface area contributed by atoms with Crippen LogP contribution in [0.3, 0.4) is 0 Å². The Morgan fingerprint density at radius 2 is 2.29 bits per heavy atom. The second kappa shape index (κ2) is 3.59. The van der Waals surface area contributed by atoms with Gasteiger partial charge in [-0.05, 0) is 30.2 Å². The molecule has 0 spiro atoms. The van der Waals surface area contributed by atoms with E-state index in [2.05, 4.69) is 5.32 Å². The van der Waals surface area contributed by atoms with Crippen LogP contribution in [0.1, 0.15) is 21.5 Å². The molecular weight excluding hydrogens is 202 g/mol. The van der Waals surface area contributed by atoms with Gasteiger partial charge in [-0.15, -0.1) is 0 Å². The van der Waals surface area contributed by atoms with Crippen LogP contribution in [0.4, 0.5) is 0 Å². The van der Waals surface area contributed by atoms with Gasteiger partial charge in [-0.3, -0.25) is 0 Å². The first-order valence-electron chi connectivity index (χ1n) is 4.44. The average molecular weight is 212 g/mol. The number of benzene rings is 1. The first-order chi connectivity index (χ1) is 6.70. The highest BCUT2D eigenvalue weighted by Crippen LogP contribution is 2.26. The number of carboxylic acids is 1. The van der Waals surface area contributed by atoms with Gasteiger partial charge in [0.25, 0.3) is 0 Å². The topological polar surface area (TPSA) is 49.3 Å². The van der Waals surface area contributed by atoms with Crippen molar-refractivity contribution in [2.75, 3.05) is 6.54 Å². The van der Waals surface area contributed by atoms with Gasteiger partial charge in [0.1, 0.15) is 0 Å². The number of aromatic carboxylic acids is 1. The Morgan fingerprint density at radius 3 is 3.00 bits per heavy atom. The van der Waals surface area contributed by atoms with Crippen LogP contribution in [0.25, 0.3) is 0 Å². The Balaban J connectivity index is 2.54. The molecule has 0 bridgehead atoms. The summed E-state index contributed by atoms with van der Waals surface area (Å²) in [5, 5.41) is 12.5. The molecule has 0 atom stereocenters. The lowest BCUT2D eigenvalue weighted by atomic mass is 9.98. The largest absolute Gasteiger partial charge is 0.478 e. The van der Waals surface area contributed by atoms with Crippen molar-refractivity contribution >= 4 is 17.6 Å². The predicted octanol–water partition coefficient (Wildman–Crippen LogP) is 1.68. The van der Waals surface area contributed by atoms with E-state index in [0.717, 1.165) is 30.6 Å². The summed E-state index contributed by atoms with van der Waals surface area (Å²) in [5.74, 6) is -0.962. The number of hydrogen-bond acceptors (Lipinski definition) is 2. The zero-order chi connectivity index (χ0) is 10.1. The lowest BCUT2D eigenvalue weighted by Crippen LogP contribution is -2.24. The summed E-state index contributed by atoms with van der Waals surface area (Å²) in [5.41, 5.74) is 2.28. The Bertz CT molecular complexity index is 390. The van der Waals surface area contributed by atoms with Crippen molar-refractivity contribution in [3.05, 3.63) is 33.8 Å². The first kappa shape index (κ1) is 9.49. The van der Waals surface area contributed by atoms with Gasteiger partial charge < -0.3 is 10.4 Å². The first-order valence-corrected chi connectivity index (χ1v) is 4.82. The van der Waals surface area contributed by atoms with Gasteiger partial charge in [-0.2, -0.15) is 0 Å². The minimum Gasteiger partial charge on any atom is -0.478 e. The maximum absolute atomic E-state index is 10.8. The fourth-order valence-corrected chi connectivity index (χ4v) is 2.06. The third-order valence-corrected chi connectivity index (χ3v) is 2.87. The molecule has 1 aliphatic heterocycles. The Kier molecular flexibility index (Phi) is 2.44. The average Bonchev–Trinajstić information content (AvgIpc) is 2.18. The molecule has 0 saturated carbocycles. The highest BCUT2D eigenvalue weighted by molar-refractivity contribution is 6.34. The fraction of sp³-hybridized carbons (Fsp3) is 0.300. The summed E-state index contributed by atoms with van der Waals surface area (Å²) >= 11 is 6.01. The number of rotatable bonds is 1. The van der Waals surface area contributed by atoms with E-state index in [0.29, 0.717) is 5.02 Å². The van der Waals surface area contributed by atoms with Crippen LogP contribution < -0.4 is 5.32 Å². The van der Waals surface area contributed by atoms with Crippen LogP contribution in [-0.4, -0.2) is 17.6 Å². The molecule has 14 heavy (non-hydrogen) atoms. The van der Waals surface area contributed by atoms with Gasteiger partial charge in [0, 0.05) is 6.54 Å². The predicted molar refractivity (Wildman–Crippen MR) is 53.8 cm³/mol. The number of hydrogen-bond donors (Lipinski definition) is 2. The van der Waals surface area contributed by atoms with E-state index < -0.39 is 5.97 Å². The van der Waals surface area contributed by atoms with Gasteiger partial charge in [0.15, 0.2) is 0 Å². The molecule has 4 heteroatoms. The van der Waals surface area contributed by atoms with Crippen LogP contribution in [-0.2, 0) is 13.0 Å². The van der Waals surface area contributed by atoms with E-state index in [9.17, 15) is 4.79 Å². The fourth-order valence-electron chi connectivity index (χ4n) is 1.70. The second-order valence-corrected chi connectivity index (χ2v) is 3.67. The van der Waals surface area contributed by atoms with Crippen molar-refractivity contribution in [3.8, 4) is 0 Å². The van der Waals surface area contributed by atoms with Crippen molar-refractivity contribution < 1.29 is 9.90 Å². The van der Waals surface area contributed by atoms with E-state index in [1.54, 1.807) is 6.07 Å². The summed E-state index contributed by atoms with van der Waals surface area (Å²) in [6.45, 7) is 1.63. The van der Waals surface area contributed by atoms with Gasteiger partial charge >= 0.3 is 5.97 Å². The van der Waals surface area contributed by atoms with E-state index in [1.807, 2.05) is 6.07 Å². The minimum atomic E-state index is -0.962. The number of carbonyl (C=O) groups is 1. The van der Waals surface area contributed by atoms with E-state index in [1.165, 1.54) is 0 Å². The van der Waals surface area contributed by atoms with E-state index in [4.69, 9.17) is 16.7 Å². The monoisotopic (exact) mass is 211 g/mol. The summed E-state index contributed by atoms with van der Waals surface area (Å²) in [7, 11) is 0. The molecule has 1 aromatic carbocycles. The lowest BCUT2D eigenvalue weighted by Gasteiger charge is -2.18. The zero-order valence-electron chi connectivity index (χ0n) is 7.51. The van der Waals surface area contributed by atoms with E-state index in [-0.39, 0.29) is 5.56 Å². The smallest absolute Gasteiger partial charge is 0.337 e. The number of fused-ring (bicyclic) bond motifs is 1. The normalized spacial score (nSPS) is 14.9. The highest BCUT2D eigenvalue weighted by atomic mass is 35.5. The Labute approximate surface area is 86.7 Å². The molecule has 1 aromatic rings. The maximum Gasteiger partial charge on any atom is 0.337 e. The second-order valence-electron chi connectivity index (χ2n) is 3.30. The molecular formula is C10H10ClNO2. The van der Waals surface area contributed by atoms with Crippen molar-refractivity contribution in [1.82, 2.24) is 5.32 Å². The van der Waals surface area contributed by atoms with Crippen molar-refractivity contribution in [1.29, 1.82) is 0 Å². The number of carboxylic acid groups (broad SMARTS) is 1. The molecule has 1 heterocycles. The number of nitrogens with one attached hydrogen (secondary N) is 1. The van der Waals surface area contributed by atoms with Crippen molar-refractivity contribution in [3.63, 3.8) is 0 Å². The summed E-state index contributed by atoms with van der Waals surface area (Å²) < 4.78 is 0. The standard InChI is InChI=1S/C10H10ClNO2/c11-9-7-3-4-12-5-6(7)1-2-8(9)10(13)14/h1-2,12H,3-5H2,(H,13,14). The molecule has 0 aromatic heterocycles. The maximum atomic E-state index is 10.8. The third-order valence-electron chi connectivity index (χ3n) is 2.44. The lowest BCUT2D eigenvalue weighted by molar-refractivity contribution is 0.0697. The zero-order valence-corrected chi connectivity index (χ0v) is 8.27. The number of halogens is 1. The molecule has 0 amide bonds. The molecule has 0 unspecified atom stereocenters. The molecule has 1 aliphatic rings. The van der Waals surface area contributed by atoms with Crippen LogP contribution in [0.2, 0.25) is 5.02 Å². The molecule has 74 valence electrons. The SMILES string of the molecule is O=C(O)c1ccc2c(c1Cl)CCNC2. The Hall–Kier alpha value is -1.06. The van der Waals surface area contributed by atoms with Gasteiger partial charge in [-0.25, -0.2) is 4.79 Å². The summed E-state index contributed by atoms with van der Waals surface area (Å²) in [4.78, 5) is 10.8. The van der Waals surface area contributed by atoms with E-state index >= 15 is 0 Å². The van der Waals surface area contributed by atoms with Crippen LogP contribution in [0.15, 0.2) is 12.1 Å². The highest BCUT2D eigenvalue weighted by Gasteiger charge is 2.17. The van der Waals surface area contributed by atoms with Crippen molar-refractivity contribution in [2.45, 2.75) is 13.0 Å². The third kappa shape index (κ3) is 1.49. The minimum absolute atomic E-state index is 0.201.